The van der Waals surface area contributed by atoms with E-state index in [1.807, 2.05) is 43.3 Å². The molecule has 1 atom stereocenters. The summed E-state index contributed by atoms with van der Waals surface area (Å²) in [7, 11) is 0. The first-order valence-corrected chi connectivity index (χ1v) is 11.7. The van der Waals surface area contributed by atoms with Crippen LogP contribution in [0.3, 0.4) is 0 Å². The SMILES string of the molecule is CCc1ccc(OCCCn2c(C(C)NC(=O)c3ccccc3Cl)nc3ccccc32)cc1. The van der Waals surface area contributed by atoms with E-state index < -0.39 is 0 Å². The number of carbonyl (C=O) groups is 1. The molecule has 6 heteroatoms. The molecular weight excluding hydrogens is 434 g/mol. The number of fused-ring (bicyclic) bond motifs is 1. The number of hydrogen-bond donors (Lipinski definition) is 1. The van der Waals surface area contributed by atoms with Gasteiger partial charge in [-0.15, -0.1) is 0 Å². The molecule has 0 spiro atoms. The number of rotatable bonds is 9. The molecule has 1 heterocycles. The second kappa shape index (κ2) is 10.5. The molecule has 0 saturated carbocycles. The van der Waals surface area contributed by atoms with Gasteiger partial charge in [-0.3, -0.25) is 4.79 Å². The number of hydrogen-bond acceptors (Lipinski definition) is 3. The van der Waals surface area contributed by atoms with Crippen LogP contribution in [-0.2, 0) is 13.0 Å². The van der Waals surface area contributed by atoms with Gasteiger partial charge in [0.05, 0.1) is 34.3 Å². The third-order valence-electron chi connectivity index (χ3n) is 5.66. The van der Waals surface area contributed by atoms with Crippen molar-refractivity contribution in [1.82, 2.24) is 14.9 Å². The number of nitrogens with zero attached hydrogens (tertiary/aromatic N) is 2. The number of para-hydroxylation sites is 2. The van der Waals surface area contributed by atoms with Crippen LogP contribution in [0.1, 0.15) is 48.1 Å². The molecule has 3 aromatic carbocycles. The molecule has 4 rings (SSSR count). The number of aryl methyl sites for hydroxylation is 2. The lowest BCUT2D eigenvalue weighted by atomic mass is 10.2. The summed E-state index contributed by atoms with van der Waals surface area (Å²) in [5, 5.41) is 3.47. The van der Waals surface area contributed by atoms with Gasteiger partial charge in [0, 0.05) is 6.54 Å². The van der Waals surface area contributed by atoms with E-state index in [1.54, 1.807) is 18.2 Å². The summed E-state index contributed by atoms with van der Waals surface area (Å²) in [6.07, 6.45) is 1.83. The lowest BCUT2D eigenvalue weighted by Crippen LogP contribution is -2.29. The van der Waals surface area contributed by atoms with Gasteiger partial charge in [0.25, 0.3) is 5.91 Å². The number of carbonyl (C=O) groups excluding carboxylic acids is 1. The molecule has 0 bridgehead atoms. The summed E-state index contributed by atoms with van der Waals surface area (Å²) >= 11 is 6.20. The third-order valence-corrected chi connectivity index (χ3v) is 5.99. The van der Waals surface area contributed by atoms with E-state index >= 15 is 0 Å². The Morgan fingerprint density at radius 3 is 2.55 bits per heavy atom. The molecule has 0 aliphatic rings. The monoisotopic (exact) mass is 461 g/mol. The minimum atomic E-state index is -0.288. The van der Waals surface area contributed by atoms with E-state index in [1.165, 1.54) is 5.56 Å². The van der Waals surface area contributed by atoms with Crippen LogP contribution in [0.15, 0.2) is 72.8 Å². The molecule has 0 radical (unpaired) electrons. The summed E-state index contributed by atoms with van der Waals surface area (Å²) in [4.78, 5) is 17.6. The van der Waals surface area contributed by atoms with Crippen LogP contribution in [0.4, 0.5) is 0 Å². The van der Waals surface area contributed by atoms with Gasteiger partial charge >= 0.3 is 0 Å². The van der Waals surface area contributed by atoms with Crippen molar-refractivity contribution < 1.29 is 9.53 Å². The van der Waals surface area contributed by atoms with Crippen molar-refractivity contribution in [2.75, 3.05) is 6.61 Å². The number of benzene rings is 3. The van der Waals surface area contributed by atoms with Crippen molar-refractivity contribution in [1.29, 1.82) is 0 Å². The molecule has 5 nitrogen and oxygen atoms in total. The summed E-state index contributed by atoms with van der Waals surface area (Å²) in [5.41, 5.74) is 3.70. The van der Waals surface area contributed by atoms with Crippen molar-refractivity contribution >= 4 is 28.5 Å². The molecule has 33 heavy (non-hydrogen) atoms. The number of nitrogens with one attached hydrogen (secondary N) is 1. The highest BCUT2D eigenvalue weighted by atomic mass is 35.5. The fourth-order valence-corrected chi connectivity index (χ4v) is 4.10. The molecule has 1 amide bonds. The van der Waals surface area contributed by atoms with E-state index in [2.05, 4.69) is 35.0 Å². The second-order valence-corrected chi connectivity index (χ2v) is 8.39. The quantitative estimate of drug-likeness (QED) is 0.301. The minimum absolute atomic E-state index is 0.217. The van der Waals surface area contributed by atoms with Crippen LogP contribution in [0.25, 0.3) is 11.0 Å². The first kappa shape index (κ1) is 22.9. The Hall–Kier alpha value is -3.31. The first-order chi connectivity index (χ1) is 16.1. The average Bonchev–Trinajstić information content (AvgIpc) is 3.21. The maximum atomic E-state index is 12.8. The Labute approximate surface area is 199 Å². The van der Waals surface area contributed by atoms with Gasteiger partial charge in [0.2, 0.25) is 0 Å². The molecule has 1 unspecified atom stereocenters. The Bertz CT molecular complexity index is 1230. The molecule has 0 saturated heterocycles. The summed E-state index contributed by atoms with van der Waals surface area (Å²) in [5.74, 6) is 1.47. The zero-order valence-electron chi connectivity index (χ0n) is 18.9. The van der Waals surface area contributed by atoms with Crippen LogP contribution in [0.5, 0.6) is 5.75 Å². The average molecular weight is 462 g/mol. The van der Waals surface area contributed by atoms with Crippen LogP contribution in [0, 0.1) is 0 Å². The van der Waals surface area contributed by atoms with Crippen LogP contribution in [-0.4, -0.2) is 22.1 Å². The second-order valence-electron chi connectivity index (χ2n) is 7.98. The van der Waals surface area contributed by atoms with Gasteiger partial charge in [-0.2, -0.15) is 0 Å². The van der Waals surface area contributed by atoms with Crippen molar-refractivity contribution in [3.8, 4) is 5.75 Å². The summed E-state index contributed by atoms with van der Waals surface area (Å²) in [6, 6.07) is 23.0. The number of halogens is 1. The minimum Gasteiger partial charge on any atom is -0.494 e. The Balaban J connectivity index is 1.46. The van der Waals surface area contributed by atoms with Gasteiger partial charge in [0.15, 0.2) is 0 Å². The van der Waals surface area contributed by atoms with Crippen LogP contribution >= 0.6 is 11.6 Å². The van der Waals surface area contributed by atoms with Gasteiger partial charge in [-0.1, -0.05) is 54.9 Å². The van der Waals surface area contributed by atoms with Crippen molar-refractivity contribution in [3.05, 3.63) is 94.8 Å². The predicted octanol–water partition coefficient (Wildman–Crippen LogP) is 6.21. The highest BCUT2D eigenvalue weighted by molar-refractivity contribution is 6.33. The highest BCUT2D eigenvalue weighted by Gasteiger charge is 2.20. The Morgan fingerprint density at radius 2 is 1.79 bits per heavy atom. The summed E-state index contributed by atoms with van der Waals surface area (Å²) in [6.45, 7) is 5.41. The highest BCUT2D eigenvalue weighted by Crippen LogP contribution is 2.23. The first-order valence-electron chi connectivity index (χ1n) is 11.3. The Kier molecular flexibility index (Phi) is 7.30. The molecule has 1 N–H and O–H groups in total. The summed E-state index contributed by atoms with van der Waals surface area (Å²) < 4.78 is 8.10. The standard InChI is InChI=1S/C27H28ClN3O2/c1-3-20-13-15-21(16-14-20)33-18-8-17-31-25-12-7-6-11-24(25)30-26(31)19(2)29-27(32)22-9-4-5-10-23(22)28/h4-7,9-16,19H,3,8,17-18H2,1-2H3,(H,29,32). The van der Waals surface area contributed by atoms with E-state index in [0.29, 0.717) is 17.2 Å². The lowest BCUT2D eigenvalue weighted by molar-refractivity contribution is 0.0937. The van der Waals surface area contributed by atoms with Crippen molar-refractivity contribution in [3.63, 3.8) is 0 Å². The molecule has 0 aliphatic carbocycles. The molecule has 1 aromatic heterocycles. The molecule has 0 fully saturated rings. The zero-order chi connectivity index (χ0) is 23.2. The molecule has 0 aliphatic heterocycles. The number of amides is 1. The van der Waals surface area contributed by atoms with Gasteiger partial charge in [-0.25, -0.2) is 4.98 Å². The van der Waals surface area contributed by atoms with E-state index in [-0.39, 0.29) is 11.9 Å². The Morgan fingerprint density at radius 1 is 1.06 bits per heavy atom. The zero-order valence-corrected chi connectivity index (χ0v) is 19.7. The number of imidazole rings is 1. The predicted molar refractivity (Wildman–Crippen MR) is 133 cm³/mol. The number of aromatic nitrogens is 2. The van der Waals surface area contributed by atoms with Gasteiger partial charge in [-0.05, 0) is 61.7 Å². The van der Waals surface area contributed by atoms with E-state index in [9.17, 15) is 4.79 Å². The smallest absolute Gasteiger partial charge is 0.253 e. The third kappa shape index (κ3) is 5.37. The van der Waals surface area contributed by atoms with Crippen LogP contribution in [0.2, 0.25) is 5.02 Å². The van der Waals surface area contributed by atoms with Crippen molar-refractivity contribution in [2.45, 2.75) is 39.3 Å². The normalized spacial score (nSPS) is 12.0. The molecule has 4 aromatic rings. The maximum absolute atomic E-state index is 12.8. The van der Waals surface area contributed by atoms with E-state index in [4.69, 9.17) is 21.3 Å². The fraction of sp³-hybridized carbons (Fsp3) is 0.259. The van der Waals surface area contributed by atoms with Gasteiger partial charge < -0.3 is 14.6 Å². The maximum Gasteiger partial charge on any atom is 0.253 e. The topological polar surface area (TPSA) is 56.1 Å². The van der Waals surface area contributed by atoms with Crippen molar-refractivity contribution in [2.24, 2.45) is 0 Å². The molecule has 170 valence electrons. The van der Waals surface area contributed by atoms with Gasteiger partial charge in [0.1, 0.15) is 11.6 Å². The van der Waals surface area contributed by atoms with Crippen LogP contribution < -0.4 is 10.1 Å². The number of ether oxygens (including phenoxy) is 1. The molecular formula is C27H28ClN3O2. The fourth-order valence-electron chi connectivity index (χ4n) is 3.88. The lowest BCUT2D eigenvalue weighted by Gasteiger charge is -2.17. The largest absolute Gasteiger partial charge is 0.494 e. The van der Waals surface area contributed by atoms with E-state index in [0.717, 1.165) is 42.0 Å².